The fourth-order valence-corrected chi connectivity index (χ4v) is 2.54. The molecule has 0 radical (unpaired) electrons. The number of nitrogens with one attached hydrogen (secondary N) is 2. The monoisotopic (exact) mass is 392 g/mol. The molecule has 8 nitrogen and oxygen atoms in total. The molecule has 1 heterocycles. The van der Waals surface area contributed by atoms with Gasteiger partial charge in [-0.1, -0.05) is 12.1 Å². The molecule has 0 saturated carbocycles. The van der Waals surface area contributed by atoms with Gasteiger partial charge in [0.2, 0.25) is 0 Å². The summed E-state index contributed by atoms with van der Waals surface area (Å²) in [5.74, 6) is 0.220. The van der Waals surface area contributed by atoms with Crippen LogP contribution in [0.25, 0.3) is 0 Å². The molecule has 2 aromatic carbocycles. The molecule has 3 rings (SSSR count). The fraction of sp³-hybridized carbons (Fsp3) is 0.143. The number of methoxy groups -OCH3 is 1. The van der Waals surface area contributed by atoms with Gasteiger partial charge in [0.05, 0.1) is 25.0 Å². The Morgan fingerprint density at radius 1 is 1.03 bits per heavy atom. The third kappa shape index (κ3) is 5.07. The zero-order chi connectivity index (χ0) is 20.6. The molecule has 0 aliphatic carbocycles. The molecule has 0 unspecified atom stereocenters. The average Bonchev–Trinajstić information content (AvgIpc) is 2.75. The molecule has 148 valence electrons. The zero-order valence-corrected chi connectivity index (χ0v) is 16.0. The first-order chi connectivity index (χ1) is 14.1. The summed E-state index contributed by atoms with van der Waals surface area (Å²) in [4.78, 5) is 32.4. The van der Waals surface area contributed by atoms with E-state index < -0.39 is 5.91 Å². The average molecular weight is 392 g/mol. The summed E-state index contributed by atoms with van der Waals surface area (Å²) in [6, 6.07) is 15.4. The molecule has 1 aromatic heterocycles. The van der Waals surface area contributed by atoms with E-state index in [1.54, 1.807) is 49.4 Å². The molecule has 2 N–H and O–H groups in total. The highest BCUT2D eigenvalue weighted by molar-refractivity contribution is 6.04. The highest BCUT2D eigenvalue weighted by Crippen LogP contribution is 2.24. The van der Waals surface area contributed by atoms with Crippen molar-refractivity contribution in [3.63, 3.8) is 0 Å². The maximum Gasteiger partial charge on any atom is 0.338 e. The molecule has 0 fully saturated rings. The maximum atomic E-state index is 12.5. The Kier molecular flexibility index (Phi) is 6.36. The van der Waals surface area contributed by atoms with Gasteiger partial charge in [-0.05, 0) is 43.3 Å². The van der Waals surface area contributed by atoms with Crippen LogP contribution >= 0.6 is 0 Å². The molecule has 3 aromatic rings. The lowest BCUT2D eigenvalue weighted by molar-refractivity contribution is 0.0526. The van der Waals surface area contributed by atoms with Gasteiger partial charge in [0, 0.05) is 11.8 Å². The van der Waals surface area contributed by atoms with Crippen LogP contribution in [0.4, 0.5) is 17.2 Å². The van der Waals surface area contributed by atoms with E-state index >= 15 is 0 Å². The number of esters is 1. The lowest BCUT2D eigenvalue weighted by Crippen LogP contribution is -2.15. The van der Waals surface area contributed by atoms with Crippen molar-refractivity contribution in [3.05, 3.63) is 72.2 Å². The van der Waals surface area contributed by atoms with Gasteiger partial charge in [-0.3, -0.25) is 4.79 Å². The first-order valence-electron chi connectivity index (χ1n) is 8.91. The number of aromatic nitrogens is 2. The molecule has 29 heavy (non-hydrogen) atoms. The lowest BCUT2D eigenvalue weighted by atomic mass is 10.2. The van der Waals surface area contributed by atoms with Crippen molar-refractivity contribution in [2.45, 2.75) is 6.92 Å². The van der Waals surface area contributed by atoms with Crippen LogP contribution in [0.2, 0.25) is 0 Å². The van der Waals surface area contributed by atoms with Crippen LogP contribution in [0.5, 0.6) is 5.75 Å². The second-order valence-corrected chi connectivity index (χ2v) is 5.87. The van der Waals surface area contributed by atoms with E-state index in [-0.39, 0.29) is 11.7 Å². The van der Waals surface area contributed by atoms with E-state index in [2.05, 4.69) is 20.6 Å². The second kappa shape index (κ2) is 9.32. The van der Waals surface area contributed by atoms with Crippen molar-refractivity contribution in [2.75, 3.05) is 24.4 Å². The lowest BCUT2D eigenvalue weighted by Gasteiger charge is -2.10. The van der Waals surface area contributed by atoms with Crippen LogP contribution in [0.15, 0.2) is 60.9 Å². The standard InChI is InChI=1S/C21H20N4O4/c1-3-29-21(27)14-8-10-15(11-9-14)24-19-12-17(22-13-23-19)20(26)25-16-6-4-5-7-18(16)28-2/h4-13H,3H2,1-2H3,(H,25,26)(H,22,23,24). The third-order valence-electron chi connectivity index (χ3n) is 3.92. The van der Waals surface area contributed by atoms with Crippen molar-refractivity contribution in [1.82, 2.24) is 9.97 Å². The number of hydrogen-bond donors (Lipinski definition) is 2. The van der Waals surface area contributed by atoms with Crippen molar-refractivity contribution >= 4 is 29.1 Å². The van der Waals surface area contributed by atoms with Gasteiger partial charge in [-0.2, -0.15) is 0 Å². The van der Waals surface area contributed by atoms with Crippen molar-refractivity contribution in [1.29, 1.82) is 0 Å². The second-order valence-electron chi connectivity index (χ2n) is 5.87. The Morgan fingerprint density at radius 3 is 2.52 bits per heavy atom. The highest BCUT2D eigenvalue weighted by atomic mass is 16.5. The Hall–Kier alpha value is -3.94. The minimum absolute atomic E-state index is 0.191. The summed E-state index contributed by atoms with van der Waals surface area (Å²) in [6.45, 7) is 2.07. The summed E-state index contributed by atoms with van der Waals surface area (Å²) in [6.07, 6.45) is 1.30. The van der Waals surface area contributed by atoms with E-state index in [1.165, 1.54) is 19.5 Å². The first-order valence-corrected chi connectivity index (χ1v) is 8.91. The highest BCUT2D eigenvalue weighted by Gasteiger charge is 2.12. The van der Waals surface area contributed by atoms with Crippen LogP contribution in [-0.2, 0) is 4.74 Å². The summed E-state index contributed by atoms with van der Waals surface area (Å²) in [7, 11) is 1.53. The minimum Gasteiger partial charge on any atom is -0.495 e. The van der Waals surface area contributed by atoms with Crippen LogP contribution in [0.1, 0.15) is 27.8 Å². The van der Waals surface area contributed by atoms with E-state index in [4.69, 9.17) is 9.47 Å². The topological polar surface area (TPSA) is 102 Å². The van der Waals surface area contributed by atoms with E-state index in [1.807, 2.05) is 6.07 Å². The molecule has 0 aliphatic heterocycles. The van der Waals surface area contributed by atoms with Gasteiger partial charge in [0.25, 0.3) is 5.91 Å². The molecule has 0 saturated heterocycles. The largest absolute Gasteiger partial charge is 0.495 e. The van der Waals surface area contributed by atoms with Crippen molar-refractivity contribution in [3.8, 4) is 5.75 Å². The Morgan fingerprint density at radius 2 is 1.79 bits per heavy atom. The maximum absolute atomic E-state index is 12.5. The fourth-order valence-electron chi connectivity index (χ4n) is 2.54. The van der Waals surface area contributed by atoms with Gasteiger partial charge in [-0.15, -0.1) is 0 Å². The Balaban J connectivity index is 1.71. The molecule has 1 amide bonds. The number of para-hydroxylation sites is 2. The molecular formula is C21H20N4O4. The summed E-state index contributed by atoms with van der Waals surface area (Å²) >= 11 is 0. The molecule has 0 atom stereocenters. The van der Waals surface area contributed by atoms with Gasteiger partial charge in [-0.25, -0.2) is 14.8 Å². The number of hydrogen-bond acceptors (Lipinski definition) is 7. The van der Waals surface area contributed by atoms with Gasteiger partial charge in [0.15, 0.2) is 0 Å². The molecular weight excluding hydrogens is 372 g/mol. The molecule has 0 bridgehead atoms. The molecule has 0 aliphatic rings. The Bertz CT molecular complexity index is 1010. The SMILES string of the molecule is CCOC(=O)c1ccc(Nc2cc(C(=O)Nc3ccccc3OC)ncn2)cc1. The molecule has 8 heteroatoms. The number of ether oxygens (including phenoxy) is 2. The number of carbonyl (C=O) groups is 2. The summed E-state index contributed by atoms with van der Waals surface area (Å²) in [5.41, 5.74) is 1.89. The van der Waals surface area contributed by atoms with E-state index in [9.17, 15) is 9.59 Å². The van der Waals surface area contributed by atoms with Gasteiger partial charge < -0.3 is 20.1 Å². The van der Waals surface area contributed by atoms with Crippen LogP contribution in [-0.4, -0.2) is 35.6 Å². The number of benzene rings is 2. The van der Waals surface area contributed by atoms with E-state index in [0.717, 1.165) is 0 Å². The summed E-state index contributed by atoms with van der Waals surface area (Å²) < 4.78 is 10.2. The van der Waals surface area contributed by atoms with E-state index in [0.29, 0.717) is 35.1 Å². The van der Waals surface area contributed by atoms with Crippen molar-refractivity contribution < 1.29 is 19.1 Å². The normalized spacial score (nSPS) is 10.1. The van der Waals surface area contributed by atoms with Crippen LogP contribution < -0.4 is 15.4 Å². The van der Waals surface area contributed by atoms with Gasteiger partial charge >= 0.3 is 5.97 Å². The number of amides is 1. The number of nitrogens with zero attached hydrogens (tertiary/aromatic N) is 2. The first kappa shape index (κ1) is 19.8. The number of carbonyl (C=O) groups excluding carboxylic acids is 2. The minimum atomic E-state index is -0.391. The quantitative estimate of drug-likeness (QED) is 0.592. The number of anilines is 3. The predicted octanol–water partition coefficient (Wildman–Crippen LogP) is 3.66. The van der Waals surface area contributed by atoms with Crippen LogP contribution in [0, 0.1) is 0 Å². The Labute approximate surface area is 167 Å². The summed E-state index contributed by atoms with van der Waals surface area (Å²) in [5, 5.41) is 5.84. The van der Waals surface area contributed by atoms with Crippen LogP contribution in [0.3, 0.4) is 0 Å². The van der Waals surface area contributed by atoms with Gasteiger partial charge in [0.1, 0.15) is 23.6 Å². The number of rotatable bonds is 7. The third-order valence-corrected chi connectivity index (χ3v) is 3.92. The van der Waals surface area contributed by atoms with Crippen molar-refractivity contribution in [2.24, 2.45) is 0 Å². The zero-order valence-electron chi connectivity index (χ0n) is 16.0. The predicted molar refractivity (Wildman–Crippen MR) is 109 cm³/mol. The molecule has 0 spiro atoms. The smallest absolute Gasteiger partial charge is 0.338 e.